The van der Waals surface area contributed by atoms with Crippen LogP contribution in [-0.2, 0) is 6.54 Å². The van der Waals surface area contributed by atoms with E-state index >= 15 is 0 Å². The van der Waals surface area contributed by atoms with Crippen LogP contribution >= 0.6 is 11.6 Å². The summed E-state index contributed by atoms with van der Waals surface area (Å²) in [5.41, 5.74) is 7.48. The van der Waals surface area contributed by atoms with E-state index in [1.807, 2.05) is 10.6 Å². The van der Waals surface area contributed by atoms with Crippen LogP contribution in [0, 0.1) is 0 Å². The van der Waals surface area contributed by atoms with Crippen LogP contribution in [-0.4, -0.2) is 4.57 Å². The number of pyridine rings is 1. The van der Waals surface area contributed by atoms with Crippen molar-refractivity contribution in [3.8, 4) is 0 Å². The Balaban J connectivity index is 2.27. The van der Waals surface area contributed by atoms with Gasteiger partial charge in [0, 0.05) is 41.8 Å². The maximum atomic E-state index is 10.9. The van der Waals surface area contributed by atoms with Gasteiger partial charge < -0.3 is 10.3 Å². The van der Waals surface area contributed by atoms with E-state index in [2.05, 4.69) is 0 Å². The van der Waals surface area contributed by atoms with Crippen molar-refractivity contribution in [3.05, 3.63) is 63.5 Å². The summed E-state index contributed by atoms with van der Waals surface area (Å²) in [6, 6.07) is 8.45. The molecule has 82 valence electrons. The predicted octanol–water partition coefficient (Wildman–Crippen LogP) is 2.13. The van der Waals surface area contributed by atoms with E-state index in [1.165, 1.54) is 12.1 Å². The van der Waals surface area contributed by atoms with Crippen molar-refractivity contribution in [2.75, 3.05) is 5.73 Å². The van der Waals surface area contributed by atoms with Crippen LogP contribution in [0.5, 0.6) is 0 Å². The summed E-state index contributed by atoms with van der Waals surface area (Å²) in [4.78, 5) is 10.9. The molecule has 0 unspecified atom stereocenters. The molecular weight excluding hydrogens is 224 g/mol. The van der Waals surface area contributed by atoms with Gasteiger partial charge in [-0.25, -0.2) is 0 Å². The highest BCUT2D eigenvalue weighted by atomic mass is 35.5. The Labute approximate surface area is 98.1 Å². The molecule has 2 N–H and O–H groups in total. The number of nitrogens with zero attached hydrogens (tertiary/aromatic N) is 1. The van der Waals surface area contributed by atoms with Gasteiger partial charge in [-0.2, -0.15) is 0 Å². The molecule has 2 rings (SSSR count). The average Bonchev–Trinajstić information content (AvgIpc) is 2.25. The zero-order valence-corrected chi connectivity index (χ0v) is 9.32. The minimum Gasteiger partial charge on any atom is -0.398 e. The van der Waals surface area contributed by atoms with E-state index in [-0.39, 0.29) is 5.43 Å². The first-order valence-electron chi connectivity index (χ1n) is 4.85. The SMILES string of the molecule is Nc1cc(Cl)ccc1Cn1ccc(=O)cc1. The van der Waals surface area contributed by atoms with Gasteiger partial charge in [0.05, 0.1) is 0 Å². The van der Waals surface area contributed by atoms with Gasteiger partial charge in [-0.1, -0.05) is 17.7 Å². The van der Waals surface area contributed by atoms with Crippen LogP contribution in [0.3, 0.4) is 0 Å². The monoisotopic (exact) mass is 234 g/mol. The molecule has 1 aromatic carbocycles. The first kappa shape index (κ1) is 10.8. The summed E-state index contributed by atoms with van der Waals surface area (Å²) in [5.74, 6) is 0. The quantitative estimate of drug-likeness (QED) is 0.810. The van der Waals surface area contributed by atoms with Crippen molar-refractivity contribution in [1.29, 1.82) is 0 Å². The summed E-state index contributed by atoms with van der Waals surface area (Å²) in [7, 11) is 0. The zero-order chi connectivity index (χ0) is 11.5. The molecule has 0 aliphatic rings. The van der Waals surface area contributed by atoms with Gasteiger partial charge in [0.2, 0.25) is 0 Å². The Morgan fingerprint density at radius 1 is 1.19 bits per heavy atom. The van der Waals surface area contributed by atoms with Crippen molar-refractivity contribution in [2.45, 2.75) is 6.54 Å². The van der Waals surface area contributed by atoms with Crippen LogP contribution in [0.4, 0.5) is 5.69 Å². The second-order valence-corrected chi connectivity index (χ2v) is 3.99. The van der Waals surface area contributed by atoms with Crippen molar-refractivity contribution < 1.29 is 0 Å². The number of benzene rings is 1. The zero-order valence-electron chi connectivity index (χ0n) is 8.56. The van der Waals surface area contributed by atoms with Crippen molar-refractivity contribution in [1.82, 2.24) is 4.57 Å². The number of nitrogens with two attached hydrogens (primary N) is 1. The van der Waals surface area contributed by atoms with E-state index in [0.29, 0.717) is 17.3 Å². The predicted molar refractivity (Wildman–Crippen MR) is 65.7 cm³/mol. The molecule has 0 radical (unpaired) electrons. The van der Waals surface area contributed by atoms with Gasteiger partial charge in [0.1, 0.15) is 0 Å². The second kappa shape index (κ2) is 4.41. The molecule has 0 aliphatic carbocycles. The minimum absolute atomic E-state index is 0.000304. The molecule has 0 bridgehead atoms. The number of rotatable bonds is 2. The number of anilines is 1. The van der Waals surface area contributed by atoms with E-state index in [9.17, 15) is 4.79 Å². The highest BCUT2D eigenvalue weighted by Gasteiger charge is 2.00. The third-order valence-electron chi connectivity index (χ3n) is 2.32. The Bertz CT molecular complexity index is 543. The molecular formula is C12H11ClN2O. The van der Waals surface area contributed by atoms with E-state index in [1.54, 1.807) is 24.5 Å². The maximum Gasteiger partial charge on any atom is 0.181 e. The fourth-order valence-corrected chi connectivity index (χ4v) is 1.64. The highest BCUT2D eigenvalue weighted by Crippen LogP contribution is 2.18. The maximum absolute atomic E-state index is 10.9. The molecule has 1 aromatic heterocycles. The molecule has 0 saturated heterocycles. The number of hydrogen-bond donors (Lipinski definition) is 1. The third kappa shape index (κ3) is 2.44. The van der Waals surface area contributed by atoms with Crippen LogP contribution in [0.2, 0.25) is 5.02 Å². The molecule has 0 aliphatic heterocycles. The van der Waals surface area contributed by atoms with Crippen LogP contribution in [0.25, 0.3) is 0 Å². The van der Waals surface area contributed by atoms with Gasteiger partial charge >= 0.3 is 0 Å². The lowest BCUT2D eigenvalue weighted by Gasteiger charge is -2.08. The lowest BCUT2D eigenvalue weighted by molar-refractivity contribution is 0.790. The first-order valence-corrected chi connectivity index (χ1v) is 5.23. The Kier molecular flexibility index (Phi) is 2.97. The molecule has 0 spiro atoms. The Hall–Kier alpha value is -1.74. The molecule has 0 fully saturated rings. The van der Waals surface area contributed by atoms with Gasteiger partial charge in [-0.3, -0.25) is 4.79 Å². The lowest BCUT2D eigenvalue weighted by Crippen LogP contribution is -2.06. The lowest BCUT2D eigenvalue weighted by atomic mass is 10.2. The molecule has 2 aromatic rings. The summed E-state index contributed by atoms with van der Waals surface area (Å²) >= 11 is 5.81. The van der Waals surface area contributed by atoms with Crippen LogP contribution in [0.15, 0.2) is 47.5 Å². The van der Waals surface area contributed by atoms with E-state index in [4.69, 9.17) is 17.3 Å². The normalized spacial score (nSPS) is 10.3. The van der Waals surface area contributed by atoms with E-state index in [0.717, 1.165) is 5.56 Å². The van der Waals surface area contributed by atoms with Crippen molar-refractivity contribution in [2.24, 2.45) is 0 Å². The summed E-state index contributed by atoms with van der Waals surface area (Å²) in [6.07, 6.45) is 3.47. The number of nitrogen functional groups attached to an aromatic ring is 1. The largest absolute Gasteiger partial charge is 0.398 e. The smallest absolute Gasteiger partial charge is 0.181 e. The summed E-state index contributed by atoms with van der Waals surface area (Å²) in [5, 5.41) is 0.626. The Morgan fingerprint density at radius 3 is 2.50 bits per heavy atom. The summed E-state index contributed by atoms with van der Waals surface area (Å²) < 4.78 is 1.89. The van der Waals surface area contributed by atoms with Crippen LogP contribution in [0.1, 0.15) is 5.56 Å². The first-order chi connectivity index (χ1) is 7.65. The number of halogens is 1. The summed E-state index contributed by atoms with van der Waals surface area (Å²) in [6.45, 7) is 0.628. The number of hydrogen-bond acceptors (Lipinski definition) is 2. The Morgan fingerprint density at radius 2 is 1.88 bits per heavy atom. The fraction of sp³-hybridized carbons (Fsp3) is 0.0833. The molecule has 4 heteroatoms. The molecule has 0 atom stereocenters. The van der Waals surface area contributed by atoms with E-state index < -0.39 is 0 Å². The van der Waals surface area contributed by atoms with Crippen molar-refractivity contribution in [3.63, 3.8) is 0 Å². The topological polar surface area (TPSA) is 48.0 Å². The number of aromatic nitrogens is 1. The minimum atomic E-state index is 0.000304. The fourth-order valence-electron chi connectivity index (χ4n) is 1.46. The van der Waals surface area contributed by atoms with Crippen molar-refractivity contribution >= 4 is 17.3 Å². The molecule has 3 nitrogen and oxygen atoms in total. The van der Waals surface area contributed by atoms with Crippen LogP contribution < -0.4 is 11.2 Å². The molecule has 1 heterocycles. The standard InChI is InChI=1S/C12H11ClN2O/c13-10-2-1-9(12(14)7-10)8-15-5-3-11(16)4-6-15/h1-7H,8,14H2. The average molecular weight is 235 g/mol. The molecule has 0 amide bonds. The second-order valence-electron chi connectivity index (χ2n) is 3.55. The van der Waals surface area contributed by atoms with Gasteiger partial charge in [0.25, 0.3) is 0 Å². The van der Waals surface area contributed by atoms with Gasteiger partial charge in [-0.15, -0.1) is 0 Å². The molecule has 16 heavy (non-hydrogen) atoms. The molecule has 0 saturated carbocycles. The van der Waals surface area contributed by atoms with Gasteiger partial charge in [0.15, 0.2) is 5.43 Å². The third-order valence-corrected chi connectivity index (χ3v) is 2.56. The highest BCUT2D eigenvalue weighted by molar-refractivity contribution is 6.30. The van der Waals surface area contributed by atoms with Gasteiger partial charge in [-0.05, 0) is 17.7 Å².